The lowest BCUT2D eigenvalue weighted by Crippen LogP contribution is -2.54. The lowest BCUT2D eigenvalue weighted by atomic mass is 9.98. The van der Waals surface area contributed by atoms with E-state index in [1.54, 1.807) is 11.0 Å². The molecule has 1 saturated heterocycles. The molecular weight excluding hydrogens is 393 g/mol. The highest BCUT2D eigenvalue weighted by Crippen LogP contribution is 2.43. The molecule has 0 aliphatic carbocycles. The molecule has 0 saturated carbocycles. The zero-order chi connectivity index (χ0) is 19.9. The fourth-order valence-electron chi connectivity index (χ4n) is 3.60. The summed E-state index contributed by atoms with van der Waals surface area (Å²) in [5.41, 5.74) is -0.0120. The van der Waals surface area contributed by atoms with Gasteiger partial charge in [-0.25, -0.2) is 22.9 Å². The van der Waals surface area contributed by atoms with Crippen molar-refractivity contribution in [3.05, 3.63) is 52.9 Å². The third-order valence-electron chi connectivity index (χ3n) is 5.11. The Morgan fingerprint density at radius 1 is 1.07 bits per heavy atom. The average molecular weight is 411 g/mol. The topological polar surface area (TPSA) is 39.7 Å². The van der Waals surface area contributed by atoms with Gasteiger partial charge in [-0.05, 0) is 30.3 Å². The van der Waals surface area contributed by atoms with Crippen LogP contribution in [0.25, 0.3) is 0 Å². The van der Waals surface area contributed by atoms with Crippen molar-refractivity contribution in [1.82, 2.24) is 9.88 Å². The Morgan fingerprint density at radius 2 is 1.82 bits per heavy atom. The first kappa shape index (κ1) is 18.9. The summed E-state index contributed by atoms with van der Waals surface area (Å²) >= 11 is 5.88. The predicted molar refractivity (Wildman–Crippen MR) is 101 cm³/mol. The van der Waals surface area contributed by atoms with Crippen molar-refractivity contribution < 1.29 is 18.0 Å². The Morgan fingerprint density at radius 3 is 2.50 bits per heavy atom. The third-order valence-corrected chi connectivity index (χ3v) is 5.34. The number of rotatable bonds is 1. The molecule has 3 heterocycles. The number of anilines is 2. The first-order valence-corrected chi connectivity index (χ1v) is 9.34. The summed E-state index contributed by atoms with van der Waals surface area (Å²) in [5, 5.41) is 0.216. The van der Waals surface area contributed by atoms with Crippen molar-refractivity contribution in [2.75, 3.05) is 42.5 Å². The lowest BCUT2D eigenvalue weighted by Gasteiger charge is -2.40. The number of benzene rings is 1. The summed E-state index contributed by atoms with van der Waals surface area (Å²) in [5.74, 6) is -2.77. The Kier molecular flexibility index (Phi) is 4.82. The predicted octanol–water partition coefficient (Wildman–Crippen LogP) is 4.12. The molecule has 2 aliphatic rings. The van der Waals surface area contributed by atoms with Gasteiger partial charge in [-0.3, -0.25) is 4.90 Å². The van der Waals surface area contributed by atoms with Gasteiger partial charge in [0.2, 0.25) is 0 Å². The Balaban J connectivity index is 1.48. The molecule has 9 heteroatoms. The molecular formula is C19H18ClF3N4O. The number of piperazine rings is 1. The molecule has 2 aliphatic heterocycles. The van der Waals surface area contributed by atoms with Crippen molar-refractivity contribution in [3.8, 4) is 0 Å². The maximum Gasteiger partial charge on any atom is 0.324 e. The van der Waals surface area contributed by atoms with Crippen LogP contribution in [0.4, 0.5) is 29.5 Å². The van der Waals surface area contributed by atoms with E-state index in [1.807, 2.05) is 4.90 Å². The normalized spacial score (nSPS) is 18.8. The number of carbonyl (C=O) groups excluding carboxylic acids is 1. The highest BCUT2D eigenvalue weighted by Gasteiger charge is 2.42. The lowest BCUT2D eigenvalue weighted by molar-refractivity contribution is -0.0146. The van der Waals surface area contributed by atoms with Gasteiger partial charge in [0.25, 0.3) is 5.92 Å². The van der Waals surface area contributed by atoms with E-state index in [0.717, 1.165) is 6.20 Å². The third kappa shape index (κ3) is 3.48. The van der Waals surface area contributed by atoms with Gasteiger partial charge in [-0.2, -0.15) is 0 Å². The molecule has 0 N–H and O–H groups in total. The number of pyridine rings is 1. The fourth-order valence-corrected chi connectivity index (χ4v) is 3.77. The molecule has 0 radical (unpaired) electrons. The fraction of sp³-hybridized carbons (Fsp3) is 0.368. The van der Waals surface area contributed by atoms with Crippen molar-refractivity contribution in [1.29, 1.82) is 0 Å². The monoisotopic (exact) mass is 410 g/mol. The van der Waals surface area contributed by atoms with E-state index in [4.69, 9.17) is 11.6 Å². The molecule has 1 aromatic heterocycles. The van der Waals surface area contributed by atoms with E-state index in [1.165, 1.54) is 29.2 Å². The molecule has 0 atom stereocenters. The molecule has 1 fully saturated rings. The summed E-state index contributed by atoms with van der Waals surface area (Å²) < 4.78 is 41.6. The number of amides is 2. The van der Waals surface area contributed by atoms with Gasteiger partial charge < -0.3 is 9.80 Å². The smallest absolute Gasteiger partial charge is 0.324 e. The number of hydrogen-bond acceptors (Lipinski definition) is 3. The Hall–Kier alpha value is -2.48. The van der Waals surface area contributed by atoms with Gasteiger partial charge in [0.1, 0.15) is 11.6 Å². The number of carbonyl (C=O) groups is 1. The highest BCUT2D eigenvalue weighted by atomic mass is 35.5. The first-order valence-electron chi connectivity index (χ1n) is 8.96. The Labute approximate surface area is 165 Å². The number of halogens is 4. The minimum Gasteiger partial charge on any atom is -0.353 e. The van der Waals surface area contributed by atoms with Crippen LogP contribution in [-0.2, 0) is 5.92 Å². The number of alkyl halides is 2. The minimum absolute atomic E-state index is 0.0554. The van der Waals surface area contributed by atoms with Crippen LogP contribution in [0.1, 0.15) is 12.0 Å². The van der Waals surface area contributed by atoms with Gasteiger partial charge in [0.05, 0.1) is 11.9 Å². The first-order chi connectivity index (χ1) is 13.3. The Bertz CT molecular complexity index is 885. The maximum absolute atomic E-state index is 14.3. The van der Waals surface area contributed by atoms with Crippen molar-refractivity contribution in [2.45, 2.75) is 12.3 Å². The quantitative estimate of drug-likeness (QED) is 0.710. The number of aromatic nitrogens is 1. The van der Waals surface area contributed by atoms with Crippen LogP contribution >= 0.6 is 11.6 Å². The van der Waals surface area contributed by atoms with Crippen LogP contribution < -0.4 is 9.80 Å². The molecule has 0 unspecified atom stereocenters. The summed E-state index contributed by atoms with van der Waals surface area (Å²) in [6.45, 7) is 1.85. The van der Waals surface area contributed by atoms with Gasteiger partial charge in [-0.1, -0.05) is 11.6 Å². The molecule has 4 rings (SSSR count). The molecule has 0 bridgehead atoms. The van der Waals surface area contributed by atoms with E-state index in [9.17, 15) is 18.0 Å². The second-order valence-electron chi connectivity index (χ2n) is 6.86. The van der Waals surface area contributed by atoms with Crippen LogP contribution in [0.3, 0.4) is 0 Å². The summed E-state index contributed by atoms with van der Waals surface area (Å²) in [7, 11) is 0. The highest BCUT2D eigenvalue weighted by molar-refractivity contribution is 6.30. The van der Waals surface area contributed by atoms with E-state index in [0.29, 0.717) is 32.0 Å². The largest absolute Gasteiger partial charge is 0.353 e. The van der Waals surface area contributed by atoms with Crippen molar-refractivity contribution in [3.63, 3.8) is 0 Å². The van der Waals surface area contributed by atoms with Gasteiger partial charge in [-0.15, -0.1) is 0 Å². The minimum atomic E-state index is -3.01. The van der Waals surface area contributed by atoms with E-state index < -0.39 is 18.2 Å². The molecule has 0 spiro atoms. The second kappa shape index (κ2) is 7.16. The number of nitrogens with zero attached hydrogens (tertiary/aromatic N) is 4. The summed E-state index contributed by atoms with van der Waals surface area (Å²) in [6, 6.07) is 6.86. The van der Waals surface area contributed by atoms with Gasteiger partial charge in [0, 0.05) is 49.7 Å². The van der Waals surface area contributed by atoms with Crippen LogP contribution in [-0.4, -0.2) is 48.6 Å². The maximum atomic E-state index is 14.3. The average Bonchev–Trinajstić information content (AvgIpc) is 2.69. The van der Waals surface area contributed by atoms with E-state index >= 15 is 0 Å². The van der Waals surface area contributed by atoms with Crippen LogP contribution in [0.5, 0.6) is 0 Å². The SMILES string of the molecule is O=C(N1CCN(c2ccc(F)cn2)CC1)N1CCC(F)(F)c2cc(Cl)ccc21. The second-order valence-corrected chi connectivity index (χ2v) is 7.30. The zero-order valence-electron chi connectivity index (χ0n) is 14.9. The van der Waals surface area contributed by atoms with Gasteiger partial charge in [0.15, 0.2) is 0 Å². The van der Waals surface area contributed by atoms with Crippen molar-refractivity contribution >= 4 is 29.1 Å². The molecule has 2 aromatic rings. The van der Waals surface area contributed by atoms with E-state index in [2.05, 4.69) is 4.98 Å². The molecule has 1 aromatic carbocycles. The standard InChI is InChI=1S/C19H18ClF3N4O/c20-13-1-3-16-15(11-13)19(22,23)5-6-27(16)18(28)26-9-7-25(8-10-26)17-4-2-14(21)12-24-17/h1-4,11-12H,5-10H2. The molecule has 2 amide bonds. The number of fused-ring (bicyclic) bond motifs is 1. The zero-order valence-corrected chi connectivity index (χ0v) is 15.7. The summed E-state index contributed by atoms with van der Waals surface area (Å²) in [4.78, 5) is 22.0. The molecule has 5 nitrogen and oxygen atoms in total. The van der Waals surface area contributed by atoms with Crippen LogP contribution in [0.2, 0.25) is 5.02 Å². The summed E-state index contributed by atoms with van der Waals surface area (Å²) in [6.07, 6.45) is 0.717. The number of hydrogen-bond donors (Lipinski definition) is 0. The van der Waals surface area contributed by atoms with E-state index in [-0.39, 0.29) is 28.8 Å². The molecule has 28 heavy (non-hydrogen) atoms. The van der Waals surface area contributed by atoms with Crippen LogP contribution in [0.15, 0.2) is 36.5 Å². The van der Waals surface area contributed by atoms with Gasteiger partial charge >= 0.3 is 6.03 Å². The molecule has 148 valence electrons. The van der Waals surface area contributed by atoms with Crippen molar-refractivity contribution in [2.24, 2.45) is 0 Å². The van der Waals surface area contributed by atoms with Crippen LogP contribution in [0, 0.1) is 5.82 Å². The number of urea groups is 1.